The third-order valence-electron chi connectivity index (χ3n) is 5.45. The maximum Gasteiger partial charge on any atom is 0.425 e. The van der Waals surface area contributed by atoms with Gasteiger partial charge in [0.1, 0.15) is 4.88 Å². The number of alkyl halides is 3. The van der Waals surface area contributed by atoms with Crippen molar-refractivity contribution in [2.45, 2.75) is 51.9 Å². The third kappa shape index (κ3) is 3.67. The van der Waals surface area contributed by atoms with Crippen molar-refractivity contribution in [2.75, 3.05) is 18.9 Å². The van der Waals surface area contributed by atoms with Crippen LogP contribution < -0.4 is 10.6 Å². The van der Waals surface area contributed by atoms with Crippen LogP contribution in [0.15, 0.2) is 0 Å². The van der Waals surface area contributed by atoms with E-state index in [2.05, 4.69) is 10.6 Å². The topological polar surface area (TPSA) is 44.4 Å². The van der Waals surface area contributed by atoms with Gasteiger partial charge in [-0.25, -0.2) is 4.79 Å². The Balaban J connectivity index is 1.49. The Morgan fingerprint density at radius 3 is 2.64 bits per heavy atom. The molecule has 2 N–H and O–H groups in total. The lowest BCUT2D eigenvalue weighted by atomic mass is 10.0. The number of thiophene rings is 2. The molecule has 2 aromatic heterocycles. The van der Waals surface area contributed by atoms with E-state index in [0.29, 0.717) is 13.0 Å². The van der Waals surface area contributed by atoms with Gasteiger partial charge in [-0.05, 0) is 61.9 Å². The molecule has 0 saturated heterocycles. The molecule has 2 aliphatic rings. The summed E-state index contributed by atoms with van der Waals surface area (Å²) >= 11 is 2.39. The van der Waals surface area contributed by atoms with Crippen LogP contribution >= 0.6 is 22.7 Å². The minimum absolute atomic E-state index is 0.111. The maximum atomic E-state index is 13.5. The van der Waals surface area contributed by atoms with Gasteiger partial charge >= 0.3 is 12.2 Å². The molecule has 0 aromatic carbocycles. The zero-order chi connectivity index (χ0) is 20.1. The number of fused-ring (bicyclic) bond motifs is 2. The Bertz CT molecular complexity index is 917. The fourth-order valence-electron chi connectivity index (χ4n) is 4.01. The van der Waals surface area contributed by atoms with E-state index in [4.69, 9.17) is 0 Å². The lowest BCUT2D eigenvalue weighted by molar-refractivity contribution is -0.135. The summed E-state index contributed by atoms with van der Waals surface area (Å²) in [4.78, 5) is 15.9. The summed E-state index contributed by atoms with van der Waals surface area (Å²) in [7, 11) is 1.90. The van der Waals surface area contributed by atoms with E-state index in [1.807, 2.05) is 18.9 Å². The molecule has 28 heavy (non-hydrogen) atoms. The molecule has 2 amide bonds. The van der Waals surface area contributed by atoms with Crippen molar-refractivity contribution >= 4 is 33.7 Å². The number of nitrogens with one attached hydrogen (secondary N) is 2. The van der Waals surface area contributed by atoms with E-state index in [1.54, 1.807) is 11.3 Å². The first-order valence-corrected chi connectivity index (χ1v) is 10.9. The molecule has 4 rings (SSSR count). The number of anilines is 1. The van der Waals surface area contributed by atoms with Crippen molar-refractivity contribution < 1.29 is 18.0 Å². The molecule has 3 heterocycles. The Kier molecular flexibility index (Phi) is 5.18. The second-order valence-corrected chi connectivity index (χ2v) is 9.63. The van der Waals surface area contributed by atoms with Gasteiger partial charge in [0, 0.05) is 29.4 Å². The average Bonchev–Trinajstić information content (AvgIpc) is 3.28. The highest BCUT2D eigenvalue weighted by atomic mass is 32.1. The fourth-order valence-corrected chi connectivity index (χ4v) is 6.62. The Morgan fingerprint density at radius 1 is 1.14 bits per heavy atom. The molecular weight excluding hydrogens is 407 g/mol. The zero-order valence-corrected chi connectivity index (χ0v) is 17.4. The number of carbonyl (C=O) groups excluding carboxylic acids is 1. The van der Waals surface area contributed by atoms with Crippen LogP contribution in [0.25, 0.3) is 0 Å². The van der Waals surface area contributed by atoms with E-state index in [0.717, 1.165) is 58.1 Å². The molecule has 0 spiro atoms. The zero-order valence-electron chi connectivity index (χ0n) is 15.8. The summed E-state index contributed by atoms with van der Waals surface area (Å²) in [6.45, 7) is 3.12. The molecule has 152 valence electrons. The van der Waals surface area contributed by atoms with Crippen molar-refractivity contribution in [1.29, 1.82) is 0 Å². The number of rotatable bonds is 3. The van der Waals surface area contributed by atoms with E-state index in [1.165, 1.54) is 10.4 Å². The normalized spacial score (nSPS) is 16.8. The smallest absolute Gasteiger partial charge is 0.334 e. The van der Waals surface area contributed by atoms with Gasteiger partial charge in [0.05, 0.1) is 5.00 Å². The van der Waals surface area contributed by atoms with Gasteiger partial charge in [-0.2, -0.15) is 13.2 Å². The summed E-state index contributed by atoms with van der Waals surface area (Å²) in [6.07, 6.45) is -0.611. The molecule has 1 aliphatic heterocycles. The SMILES string of the molecule is Cc1c(NC(=O)NCc2c(C(F)(F)F)sc3c2CCN(C)C3)sc2c1CCC2. The number of amides is 2. The second-order valence-electron chi connectivity index (χ2n) is 7.42. The number of aryl methyl sites for hydroxylation is 1. The predicted molar refractivity (Wildman–Crippen MR) is 106 cm³/mol. The number of nitrogens with zero attached hydrogens (tertiary/aromatic N) is 1. The number of hydrogen-bond acceptors (Lipinski definition) is 4. The molecule has 1 aliphatic carbocycles. The summed E-state index contributed by atoms with van der Waals surface area (Å²) in [5, 5.41) is 6.28. The molecule has 4 nitrogen and oxygen atoms in total. The fraction of sp³-hybridized carbons (Fsp3) is 0.526. The van der Waals surface area contributed by atoms with Gasteiger partial charge in [-0.1, -0.05) is 0 Å². The van der Waals surface area contributed by atoms with Gasteiger partial charge in [0.2, 0.25) is 0 Å². The van der Waals surface area contributed by atoms with E-state index >= 15 is 0 Å². The van der Waals surface area contributed by atoms with Crippen molar-refractivity contribution in [2.24, 2.45) is 0 Å². The first kappa shape index (κ1) is 19.7. The predicted octanol–water partition coefficient (Wildman–Crippen LogP) is 4.94. The maximum absolute atomic E-state index is 13.5. The largest absolute Gasteiger partial charge is 0.425 e. The van der Waals surface area contributed by atoms with Gasteiger partial charge < -0.3 is 10.2 Å². The third-order valence-corrected chi connectivity index (χ3v) is 8.07. The molecule has 0 saturated carbocycles. The van der Waals surface area contributed by atoms with Gasteiger partial charge in [-0.15, -0.1) is 22.7 Å². The second kappa shape index (κ2) is 7.35. The van der Waals surface area contributed by atoms with Crippen LogP contribution in [-0.2, 0) is 38.5 Å². The Labute approximate surface area is 169 Å². The first-order valence-electron chi connectivity index (χ1n) is 9.29. The van der Waals surface area contributed by atoms with Crippen LogP contribution in [0.1, 0.15) is 43.3 Å². The number of carbonyl (C=O) groups is 1. The van der Waals surface area contributed by atoms with E-state index in [-0.39, 0.29) is 12.1 Å². The van der Waals surface area contributed by atoms with Crippen LogP contribution in [-0.4, -0.2) is 24.5 Å². The minimum atomic E-state index is -4.40. The Hall–Kier alpha value is -1.58. The van der Waals surface area contributed by atoms with Gasteiger partial charge in [0.15, 0.2) is 0 Å². The number of halogens is 3. The summed E-state index contributed by atoms with van der Waals surface area (Å²) in [5.74, 6) is 0. The first-order chi connectivity index (χ1) is 13.2. The number of hydrogen-bond donors (Lipinski definition) is 2. The van der Waals surface area contributed by atoms with Crippen molar-refractivity contribution in [3.05, 3.63) is 36.9 Å². The van der Waals surface area contributed by atoms with Crippen LogP contribution in [0.4, 0.5) is 23.0 Å². The van der Waals surface area contributed by atoms with Crippen LogP contribution in [0, 0.1) is 6.92 Å². The highest BCUT2D eigenvalue weighted by Crippen LogP contribution is 2.42. The lowest BCUT2D eigenvalue weighted by Gasteiger charge is -2.23. The van der Waals surface area contributed by atoms with E-state index < -0.39 is 17.1 Å². The quantitative estimate of drug-likeness (QED) is 0.726. The van der Waals surface area contributed by atoms with Crippen molar-refractivity contribution in [1.82, 2.24) is 10.2 Å². The molecular formula is C19H22F3N3OS2. The average molecular weight is 430 g/mol. The molecule has 0 unspecified atom stereocenters. The lowest BCUT2D eigenvalue weighted by Crippen LogP contribution is -2.30. The van der Waals surface area contributed by atoms with Crippen molar-refractivity contribution in [3.63, 3.8) is 0 Å². The molecule has 0 radical (unpaired) electrons. The molecule has 0 fully saturated rings. The number of urea groups is 1. The molecule has 2 aromatic rings. The molecule has 0 bridgehead atoms. The summed E-state index contributed by atoms with van der Waals surface area (Å²) in [6, 6.07) is -0.455. The Morgan fingerprint density at radius 2 is 1.93 bits per heavy atom. The standard InChI is InChI=1S/C19H22F3N3OS2/c1-10-11-4-3-5-14(11)28-17(10)24-18(26)23-8-13-12-6-7-25(2)9-15(12)27-16(13)19(20,21)22/h3-9H2,1-2H3,(H2,23,24,26). The van der Waals surface area contributed by atoms with Crippen molar-refractivity contribution in [3.8, 4) is 0 Å². The van der Waals surface area contributed by atoms with E-state index in [9.17, 15) is 18.0 Å². The highest BCUT2D eigenvalue weighted by molar-refractivity contribution is 7.16. The molecule has 0 atom stereocenters. The molecule has 9 heteroatoms. The monoisotopic (exact) mass is 429 g/mol. The van der Waals surface area contributed by atoms with Crippen LogP contribution in [0.3, 0.4) is 0 Å². The van der Waals surface area contributed by atoms with Crippen LogP contribution in [0.5, 0.6) is 0 Å². The van der Waals surface area contributed by atoms with Gasteiger partial charge in [0.25, 0.3) is 0 Å². The van der Waals surface area contributed by atoms with Crippen LogP contribution in [0.2, 0.25) is 0 Å². The van der Waals surface area contributed by atoms with Gasteiger partial charge in [-0.3, -0.25) is 5.32 Å². The number of likely N-dealkylation sites (N-methyl/N-ethyl adjacent to an activating group) is 1. The minimum Gasteiger partial charge on any atom is -0.334 e. The highest BCUT2D eigenvalue weighted by Gasteiger charge is 2.38. The summed E-state index contributed by atoms with van der Waals surface area (Å²) in [5.41, 5.74) is 3.37. The summed E-state index contributed by atoms with van der Waals surface area (Å²) < 4.78 is 40.6.